The van der Waals surface area contributed by atoms with Gasteiger partial charge in [0.25, 0.3) is 5.91 Å². The third kappa shape index (κ3) is 6.75. The van der Waals surface area contributed by atoms with Gasteiger partial charge in [0.1, 0.15) is 11.1 Å². The molecule has 3 amide bonds. The molecular weight excluding hydrogens is 458 g/mol. The van der Waals surface area contributed by atoms with Gasteiger partial charge in [-0.25, -0.2) is 4.79 Å². The van der Waals surface area contributed by atoms with E-state index in [0.29, 0.717) is 32.6 Å². The molecule has 196 valence electrons. The number of anilines is 1. The first-order valence-corrected chi connectivity index (χ1v) is 12.6. The number of hydrogen-bond acceptors (Lipinski definition) is 5. The Kier molecular flexibility index (Phi) is 8.61. The fourth-order valence-electron chi connectivity index (χ4n) is 4.37. The van der Waals surface area contributed by atoms with Gasteiger partial charge < -0.3 is 25.0 Å². The molecule has 1 aromatic rings. The van der Waals surface area contributed by atoms with Crippen molar-refractivity contribution in [2.24, 2.45) is 5.92 Å². The van der Waals surface area contributed by atoms with Crippen LogP contribution in [-0.4, -0.2) is 54.8 Å². The minimum atomic E-state index is -1.18. The maximum Gasteiger partial charge on any atom is 0.408 e. The van der Waals surface area contributed by atoms with Gasteiger partial charge >= 0.3 is 6.09 Å². The van der Waals surface area contributed by atoms with Crippen LogP contribution >= 0.6 is 0 Å². The molecule has 0 aliphatic carbocycles. The van der Waals surface area contributed by atoms with Crippen LogP contribution in [0.1, 0.15) is 53.0 Å². The number of hydrogen-bond donors (Lipinski definition) is 2. The lowest BCUT2D eigenvalue weighted by atomic mass is 9.87. The summed E-state index contributed by atoms with van der Waals surface area (Å²) >= 11 is 0. The van der Waals surface area contributed by atoms with Crippen molar-refractivity contribution < 1.29 is 23.9 Å². The highest BCUT2D eigenvalue weighted by atomic mass is 16.6. The van der Waals surface area contributed by atoms with Crippen LogP contribution in [0.5, 0.6) is 0 Å². The summed E-state index contributed by atoms with van der Waals surface area (Å²) in [4.78, 5) is 41.0. The van der Waals surface area contributed by atoms with E-state index in [2.05, 4.69) is 17.2 Å². The van der Waals surface area contributed by atoms with Crippen molar-refractivity contribution in [3.8, 4) is 0 Å². The highest BCUT2D eigenvalue weighted by molar-refractivity contribution is 6.03. The zero-order valence-corrected chi connectivity index (χ0v) is 22.1. The molecule has 0 saturated carbocycles. The number of carbonyl (C=O) groups excluding carboxylic acids is 3. The number of amides is 3. The number of rotatable bonds is 7. The van der Waals surface area contributed by atoms with Gasteiger partial charge in [-0.1, -0.05) is 44.7 Å². The third-order valence-corrected chi connectivity index (χ3v) is 6.53. The van der Waals surface area contributed by atoms with Crippen molar-refractivity contribution >= 4 is 23.6 Å². The van der Waals surface area contributed by atoms with Gasteiger partial charge in [0.15, 0.2) is 0 Å². The lowest BCUT2D eigenvalue weighted by molar-refractivity contribution is -0.132. The average molecular weight is 498 g/mol. The van der Waals surface area contributed by atoms with Crippen molar-refractivity contribution in [3.63, 3.8) is 0 Å². The number of ether oxygens (including phenoxy) is 2. The van der Waals surface area contributed by atoms with Crippen LogP contribution in [0.2, 0.25) is 0 Å². The molecule has 8 nitrogen and oxygen atoms in total. The molecule has 0 aromatic heterocycles. The van der Waals surface area contributed by atoms with E-state index in [1.165, 1.54) is 6.08 Å². The zero-order chi connectivity index (χ0) is 26.5. The predicted octanol–water partition coefficient (Wildman–Crippen LogP) is 3.90. The number of para-hydroxylation sites is 1. The quantitative estimate of drug-likeness (QED) is 0.440. The van der Waals surface area contributed by atoms with E-state index >= 15 is 0 Å². The lowest BCUT2D eigenvalue weighted by Crippen LogP contribution is -2.63. The predicted molar refractivity (Wildman–Crippen MR) is 140 cm³/mol. The normalized spacial score (nSPS) is 18.0. The van der Waals surface area contributed by atoms with Crippen molar-refractivity contribution in [1.82, 2.24) is 10.6 Å². The van der Waals surface area contributed by atoms with Crippen LogP contribution in [0.4, 0.5) is 10.5 Å². The molecule has 1 fully saturated rings. The van der Waals surface area contributed by atoms with Crippen molar-refractivity contribution in [3.05, 3.63) is 54.1 Å². The van der Waals surface area contributed by atoms with Gasteiger partial charge in [-0.2, -0.15) is 0 Å². The fourth-order valence-corrected chi connectivity index (χ4v) is 4.37. The summed E-state index contributed by atoms with van der Waals surface area (Å²) in [7, 11) is 0. The van der Waals surface area contributed by atoms with Gasteiger partial charge in [0.05, 0.1) is 6.04 Å². The van der Waals surface area contributed by atoms with E-state index < -0.39 is 23.3 Å². The van der Waals surface area contributed by atoms with Gasteiger partial charge in [0.2, 0.25) is 5.91 Å². The van der Waals surface area contributed by atoms with Crippen molar-refractivity contribution in [1.29, 1.82) is 0 Å². The number of alkyl carbamates (subject to hydrolysis) is 1. The fraction of sp³-hybridized carbons (Fsp3) is 0.536. The Morgan fingerprint density at radius 3 is 2.47 bits per heavy atom. The molecule has 2 N–H and O–H groups in total. The number of nitrogens with zero attached hydrogens (tertiary/aromatic N) is 1. The SMILES string of the molecule is C=C(C(C)C)[C@@H](/C=C/C(=O)N1CCc2ccccc21)NC(=O)C1(NC(=O)OC(C)(C)C)CCOCC1. The Morgan fingerprint density at radius 1 is 1.17 bits per heavy atom. The molecular formula is C28H39N3O5. The monoisotopic (exact) mass is 497 g/mol. The third-order valence-electron chi connectivity index (χ3n) is 6.53. The van der Waals surface area contributed by atoms with Gasteiger partial charge in [-0.15, -0.1) is 0 Å². The first-order chi connectivity index (χ1) is 16.9. The molecule has 2 aliphatic heterocycles. The summed E-state index contributed by atoms with van der Waals surface area (Å²) in [5.74, 6) is -0.442. The van der Waals surface area contributed by atoms with Crippen LogP contribution in [0, 0.1) is 5.92 Å². The van der Waals surface area contributed by atoms with Crippen molar-refractivity contribution in [2.45, 2.75) is 71.1 Å². The maximum atomic E-state index is 13.6. The summed E-state index contributed by atoms with van der Waals surface area (Å²) in [6.07, 6.45) is 3.97. The highest BCUT2D eigenvalue weighted by Gasteiger charge is 2.43. The second-order valence-electron chi connectivity index (χ2n) is 10.7. The Morgan fingerprint density at radius 2 is 1.83 bits per heavy atom. The average Bonchev–Trinajstić information content (AvgIpc) is 3.24. The van der Waals surface area contributed by atoms with E-state index in [1.807, 2.05) is 38.1 Å². The Labute approximate surface area is 214 Å². The van der Waals surface area contributed by atoms with E-state index in [-0.39, 0.29) is 17.7 Å². The largest absolute Gasteiger partial charge is 0.444 e. The number of benzene rings is 1. The molecule has 36 heavy (non-hydrogen) atoms. The summed E-state index contributed by atoms with van der Waals surface area (Å²) in [6, 6.07) is 7.28. The molecule has 0 unspecified atom stereocenters. The number of nitrogens with one attached hydrogen (secondary N) is 2. The zero-order valence-electron chi connectivity index (χ0n) is 22.1. The van der Waals surface area contributed by atoms with Crippen LogP contribution < -0.4 is 15.5 Å². The Bertz CT molecular complexity index is 1020. The lowest BCUT2D eigenvalue weighted by Gasteiger charge is -2.38. The van der Waals surface area contributed by atoms with Gasteiger partial charge in [-0.05, 0) is 50.3 Å². The molecule has 0 radical (unpaired) electrons. The Balaban J connectivity index is 1.78. The topological polar surface area (TPSA) is 97.0 Å². The minimum absolute atomic E-state index is 0.0621. The summed E-state index contributed by atoms with van der Waals surface area (Å²) in [6.45, 7) is 14.7. The number of carbonyl (C=O) groups is 3. The first kappa shape index (κ1) is 27.5. The standard InChI is InChI=1S/C28H39N3O5/c1-19(2)20(3)22(11-12-24(32)31-16-13-21-9-7-8-10-23(21)31)29-25(33)28(14-17-35-18-15-28)30-26(34)36-27(4,5)6/h7-12,19,22H,3,13-18H2,1-2,4-6H3,(H,29,33)(H,30,34)/b12-11+/t22-/m1/s1. The van der Waals surface area contributed by atoms with E-state index in [4.69, 9.17) is 9.47 Å². The first-order valence-electron chi connectivity index (χ1n) is 12.6. The molecule has 8 heteroatoms. The minimum Gasteiger partial charge on any atom is -0.444 e. The van der Waals surface area contributed by atoms with Crippen LogP contribution in [0.3, 0.4) is 0 Å². The number of fused-ring (bicyclic) bond motifs is 1. The summed E-state index contributed by atoms with van der Waals surface area (Å²) < 4.78 is 10.9. The summed E-state index contributed by atoms with van der Waals surface area (Å²) in [5, 5.41) is 5.82. The molecule has 1 aromatic carbocycles. The maximum absolute atomic E-state index is 13.6. The highest BCUT2D eigenvalue weighted by Crippen LogP contribution is 2.28. The van der Waals surface area contributed by atoms with E-state index in [9.17, 15) is 14.4 Å². The van der Waals surface area contributed by atoms with Crippen LogP contribution in [0.15, 0.2) is 48.6 Å². The second kappa shape index (κ2) is 11.3. The van der Waals surface area contributed by atoms with Crippen molar-refractivity contribution in [2.75, 3.05) is 24.7 Å². The van der Waals surface area contributed by atoms with Crippen LogP contribution in [-0.2, 0) is 25.5 Å². The van der Waals surface area contributed by atoms with Gasteiger partial charge in [0, 0.05) is 44.4 Å². The molecule has 3 rings (SSSR count). The van der Waals surface area contributed by atoms with Crippen LogP contribution in [0.25, 0.3) is 0 Å². The molecule has 1 saturated heterocycles. The smallest absolute Gasteiger partial charge is 0.408 e. The van der Waals surface area contributed by atoms with E-state index in [1.54, 1.807) is 31.7 Å². The van der Waals surface area contributed by atoms with E-state index in [0.717, 1.165) is 23.2 Å². The molecule has 0 spiro atoms. The summed E-state index contributed by atoms with van der Waals surface area (Å²) in [5.41, 5.74) is 0.942. The molecule has 2 aliphatic rings. The van der Waals surface area contributed by atoms with Gasteiger partial charge in [-0.3, -0.25) is 9.59 Å². The Hall–Kier alpha value is -3.13. The molecule has 0 bridgehead atoms. The second-order valence-corrected chi connectivity index (χ2v) is 10.7. The molecule has 2 heterocycles. The molecule has 1 atom stereocenters.